The Hall–Kier alpha value is -2.35. The van der Waals surface area contributed by atoms with Crippen LogP contribution in [0.25, 0.3) is 0 Å². The molecule has 0 bridgehead atoms. The predicted molar refractivity (Wildman–Crippen MR) is 97.2 cm³/mol. The number of benzene rings is 2. The molecule has 0 aromatic heterocycles. The number of rotatable bonds is 4. The fourth-order valence-corrected chi connectivity index (χ4v) is 4.13. The summed E-state index contributed by atoms with van der Waals surface area (Å²) in [6, 6.07) is 9.71. The first-order valence-corrected chi connectivity index (χ1v) is 9.21. The molecule has 4 nitrogen and oxygen atoms in total. The van der Waals surface area contributed by atoms with Gasteiger partial charge in [0, 0.05) is 23.9 Å². The van der Waals surface area contributed by atoms with E-state index in [0.717, 1.165) is 23.4 Å². The van der Waals surface area contributed by atoms with Crippen LogP contribution in [0.5, 0.6) is 11.5 Å². The van der Waals surface area contributed by atoms with Crippen molar-refractivity contribution < 1.29 is 27.4 Å². The summed E-state index contributed by atoms with van der Waals surface area (Å²) in [6.07, 6.45) is -4.43. The summed E-state index contributed by atoms with van der Waals surface area (Å²) in [4.78, 5) is 14.5. The van der Waals surface area contributed by atoms with Crippen LogP contribution in [0, 0.1) is 0 Å². The van der Waals surface area contributed by atoms with E-state index in [-0.39, 0.29) is 16.8 Å². The van der Waals surface area contributed by atoms with Gasteiger partial charge in [0.2, 0.25) is 0 Å². The Kier molecular flexibility index (Phi) is 5.55. The Morgan fingerprint density at radius 1 is 1.07 bits per heavy atom. The first kappa shape index (κ1) is 19.4. The Morgan fingerprint density at radius 3 is 2.19 bits per heavy atom. The number of hydrogen-bond acceptors (Lipinski definition) is 4. The van der Waals surface area contributed by atoms with Gasteiger partial charge in [-0.25, -0.2) is 0 Å². The van der Waals surface area contributed by atoms with Crippen LogP contribution >= 0.6 is 11.8 Å². The number of halogens is 3. The highest BCUT2D eigenvalue weighted by atomic mass is 32.2. The average molecular weight is 397 g/mol. The maximum absolute atomic E-state index is 12.9. The van der Waals surface area contributed by atoms with E-state index < -0.39 is 11.7 Å². The second-order valence-electron chi connectivity index (χ2n) is 5.94. The quantitative estimate of drug-likeness (QED) is 0.755. The Bertz CT molecular complexity index is 802. The average Bonchev–Trinajstić information content (AvgIpc) is 3.16. The van der Waals surface area contributed by atoms with Crippen molar-refractivity contribution in [3.8, 4) is 11.5 Å². The lowest BCUT2D eigenvalue weighted by atomic mass is 10.1. The number of nitrogens with zero attached hydrogens (tertiary/aromatic N) is 1. The van der Waals surface area contributed by atoms with Crippen LogP contribution in [-0.2, 0) is 6.18 Å². The van der Waals surface area contributed by atoms with Crippen molar-refractivity contribution in [2.75, 3.05) is 26.5 Å². The highest BCUT2D eigenvalue weighted by Crippen LogP contribution is 2.41. The number of ether oxygens (including phenoxy) is 2. The van der Waals surface area contributed by atoms with Gasteiger partial charge in [-0.1, -0.05) is 0 Å². The van der Waals surface area contributed by atoms with Gasteiger partial charge in [0.05, 0.1) is 19.8 Å². The van der Waals surface area contributed by atoms with E-state index in [1.807, 2.05) is 12.1 Å². The van der Waals surface area contributed by atoms with E-state index in [0.29, 0.717) is 18.0 Å². The zero-order valence-corrected chi connectivity index (χ0v) is 15.6. The molecule has 8 heteroatoms. The number of carbonyl (C=O) groups is 1. The fourth-order valence-electron chi connectivity index (χ4n) is 2.89. The predicted octanol–water partition coefficient (Wildman–Crippen LogP) is 4.61. The summed E-state index contributed by atoms with van der Waals surface area (Å²) < 4.78 is 48.7. The molecule has 1 heterocycles. The Labute approximate surface area is 159 Å². The molecular weight excluding hydrogens is 379 g/mol. The normalized spacial score (nSPS) is 17.1. The zero-order valence-electron chi connectivity index (χ0n) is 14.7. The van der Waals surface area contributed by atoms with Crippen LogP contribution in [0.4, 0.5) is 13.2 Å². The summed E-state index contributed by atoms with van der Waals surface area (Å²) in [7, 11) is 3.09. The van der Waals surface area contributed by atoms with E-state index in [1.165, 1.54) is 12.1 Å². The second kappa shape index (κ2) is 7.72. The van der Waals surface area contributed by atoms with Crippen LogP contribution in [0.3, 0.4) is 0 Å². The standard InChI is InChI=1S/C19H18F3NO3S/c1-25-15-9-13(10-16(11-15)26-2)18-23(7-8-27-18)17(24)12-3-5-14(6-4-12)19(20,21)22/h3-6,9-11,18H,7-8H2,1-2H3. The van der Waals surface area contributed by atoms with E-state index in [4.69, 9.17) is 9.47 Å². The Morgan fingerprint density at radius 2 is 1.67 bits per heavy atom. The van der Waals surface area contributed by atoms with Crippen LogP contribution < -0.4 is 9.47 Å². The Balaban J connectivity index is 1.87. The minimum Gasteiger partial charge on any atom is -0.497 e. The summed E-state index contributed by atoms with van der Waals surface area (Å²) in [5.74, 6) is 1.65. The van der Waals surface area contributed by atoms with Crippen LogP contribution in [0.15, 0.2) is 42.5 Å². The molecular formula is C19H18F3NO3S. The molecule has 2 aromatic rings. The van der Waals surface area contributed by atoms with E-state index in [2.05, 4.69) is 0 Å². The third kappa shape index (κ3) is 4.16. The lowest BCUT2D eigenvalue weighted by molar-refractivity contribution is -0.137. The zero-order chi connectivity index (χ0) is 19.6. The molecule has 3 rings (SSSR count). The molecule has 0 spiro atoms. The third-order valence-corrected chi connectivity index (χ3v) is 5.53. The monoisotopic (exact) mass is 397 g/mol. The lowest BCUT2D eigenvalue weighted by Crippen LogP contribution is -2.30. The molecule has 0 N–H and O–H groups in total. The number of carbonyl (C=O) groups excluding carboxylic acids is 1. The van der Waals surface area contributed by atoms with Gasteiger partial charge in [-0.15, -0.1) is 11.8 Å². The van der Waals surface area contributed by atoms with Crippen molar-refractivity contribution in [3.05, 3.63) is 59.2 Å². The van der Waals surface area contributed by atoms with Crippen LogP contribution in [0.2, 0.25) is 0 Å². The maximum atomic E-state index is 12.9. The van der Waals surface area contributed by atoms with Gasteiger partial charge in [-0.05, 0) is 42.0 Å². The molecule has 144 valence electrons. The molecule has 1 fully saturated rings. The van der Waals surface area contributed by atoms with Gasteiger partial charge < -0.3 is 14.4 Å². The second-order valence-corrected chi connectivity index (χ2v) is 7.13. The molecule has 1 atom stereocenters. The fraction of sp³-hybridized carbons (Fsp3) is 0.316. The highest BCUT2D eigenvalue weighted by molar-refractivity contribution is 7.99. The largest absolute Gasteiger partial charge is 0.497 e. The number of hydrogen-bond donors (Lipinski definition) is 0. The SMILES string of the molecule is COc1cc(OC)cc(C2SCCN2C(=O)c2ccc(C(F)(F)F)cc2)c1. The number of thioether (sulfide) groups is 1. The third-order valence-electron chi connectivity index (χ3n) is 4.27. The maximum Gasteiger partial charge on any atom is 0.416 e. The molecule has 0 radical (unpaired) electrons. The van der Waals surface area contributed by atoms with Crippen LogP contribution in [-0.4, -0.2) is 37.3 Å². The molecule has 1 aliphatic heterocycles. The molecule has 1 saturated heterocycles. The van der Waals surface area contributed by atoms with Crippen molar-refractivity contribution in [1.82, 2.24) is 4.90 Å². The van der Waals surface area contributed by atoms with Gasteiger partial charge >= 0.3 is 6.18 Å². The van der Waals surface area contributed by atoms with Crippen molar-refractivity contribution in [1.29, 1.82) is 0 Å². The van der Waals surface area contributed by atoms with Gasteiger partial charge in [-0.3, -0.25) is 4.79 Å². The molecule has 0 saturated carbocycles. The van der Waals surface area contributed by atoms with Crippen molar-refractivity contribution in [2.24, 2.45) is 0 Å². The molecule has 1 amide bonds. The van der Waals surface area contributed by atoms with Crippen molar-refractivity contribution >= 4 is 17.7 Å². The molecule has 27 heavy (non-hydrogen) atoms. The first-order valence-electron chi connectivity index (χ1n) is 8.16. The van der Waals surface area contributed by atoms with Gasteiger partial charge in [0.1, 0.15) is 16.9 Å². The molecule has 1 unspecified atom stereocenters. The molecule has 0 aliphatic carbocycles. The topological polar surface area (TPSA) is 38.8 Å². The van der Waals surface area contributed by atoms with E-state index in [9.17, 15) is 18.0 Å². The highest BCUT2D eigenvalue weighted by Gasteiger charge is 2.33. The summed E-state index contributed by atoms with van der Waals surface area (Å²) >= 11 is 1.59. The van der Waals surface area contributed by atoms with Crippen molar-refractivity contribution in [2.45, 2.75) is 11.6 Å². The van der Waals surface area contributed by atoms with Crippen molar-refractivity contribution in [3.63, 3.8) is 0 Å². The lowest BCUT2D eigenvalue weighted by Gasteiger charge is -2.25. The van der Waals surface area contributed by atoms with Crippen LogP contribution in [0.1, 0.15) is 26.9 Å². The van der Waals surface area contributed by atoms with E-state index in [1.54, 1.807) is 36.9 Å². The molecule has 1 aliphatic rings. The summed E-state index contributed by atoms with van der Waals surface area (Å²) in [5.41, 5.74) is 0.295. The van der Waals surface area contributed by atoms with Gasteiger partial charge in [0.15, 0.2) is 0 Å². The minimum atomic E-state index is -4.43. The van der Waals surface area contributed by atoms with Gasteiger partial charge in [0.25, 0.3) is 5.91 Å². The summed E-state index contributed by atoms with van der Waals surface area (Å²) in [5, 5.41) is -0.260. The summed E-state index contributed by atoms with van der Waals surface area (Å²) in [6.45, 7) is 0.509. The number of methoxy groups -OCH3 is 2. The van der Waals surface area contributed by atoms with Gasteiger partial charge in [-0.2, -0.15) is 13.2 Å². The molecule has 2 aromatic carbocycles. The minimum absolute atomic E-state index is 0.227. The first-order chi connectivity index (χ1) is 12.8. The van der Waals surface area contributed by atoms with E-state index >= 15 is 0 Å². The number of alkyl halides is 3. The smallest absolute Gasteiger partial charge is 0.416 e. The number of amides is 1.